The van der Waals surface area contributed by atoms with E-state index in [1.54, 1.807) is 7.05 Å². The van der Waals surface area contributed by atoms with Gasteiger partial charge in [-0.25, -0.2) is 12.8 Å². The minimum Gasteiger partial charge on any atom is -0.387 e. The molecule has 37 heavy (non-hydrogen) atoms. The second-order valence-corrected chi connectivity index (χ2v) is 11.5. The van der Waals surface area contributed by atoms with Gasteiger partial charge in [-0.3, -0.25) is 9.59 Å². The number of amides is 2. The first-order valence-electron chi connectivity index (χ1n) is 11.8. The smallest absolute Gasteiger partial charge is 0.387 e. The molecule has 1 saturated carbocycles. The van der Waals surface area contributed by atoms with E-state index in [1.165, 1.54) is 23.1 Å². The zero-order chi connectivity index (χ0) is 27.1. The Balaban J connectivity index is 1.58. The van der Waals surface area contributed by atoms with Crippen LogP contribution in [0.15, 0.2) is 41.3 Å². The second-order valence-electron chi connectivity index (χ2n) is 9.44. The van der Waals surface area contributed by atoms with Crippen LogP contribution in [0.1, 0.15) is 53.2 Å². The summed E-state index contributed by atoms with van der Waals surface area (Å²) in [6, 6.07) is 4.67. The van der Waals surface area contributed by atoms with E-state index in [4.69, 9.17) is 0 Å². The molecule has 0 aromatic heterocycles. The van der Waals surface area contributed by atoms with Gasteiger partial charge in [0.15, 0.2) is 9.84 Å². The molecule has 0 bridgehead atoms. The normalized spacial score (nSPS) is 19.0. The number of halogens is 4. The molecule has 2 N–H and O–H groups in total. The van der Waals surface area contributed by atoms with E-state index >= 15 is 0 Å². The molecular weight excluding hydrogens is 514 g/mol. The van der Waals surface area contributed by atoms with Gasteiger partial charge in [0.1, 0.15) is 11.9 Å². The van der Waals surface area contributed by atoms with Crippen LogP contribution < -0.4 is 10.6 Å². The predicted octanol–water partition coefficient (Wildman–Crippen LogP) is 4.16. The summed E-state index contributed by atoms with van der Waals surface area (Å²) >= 11 is 0. The Kier molecular flexibility index (Phi) is 7.24. The van der Waals surface area contributed by atoms with E-state index in [0.717, 1.165) is 18.4 Å². The van der Waals surface area contributed by atoms with Gasteiger partial charge in [-0.1, -0.05) is 6.07 Å². The number of carbonyl (C=O) groups is 2. The monoisotopic (exact) mass is 541 g/mol. The number of nitrogens with one attached hydrogen (secondary N) is 2. The van der Waals surface area contributed by atoms with Crippen molar-refractivity contribution in [2.24, 2.45) is 5.92 Å². The predicted molar refractivity (Wildman–Crippen MR) is 128 cm³/mol. The lowest BCUT2D eigenvalue weighted by atomic mass is 9.99. The number of anilines is 1. The molecule has 1 heterocycles. The second kappa shape index (κ2) is 9.96. The number of nitrogens with zero attached hydrogens (tertiary/aromatic N) is 1. The highest BCUT2D eigenvalue weighted by atomic mass is 32.2. The molecule has 2 aromatic rings. The fourth-order valence-electron chi connectivity index (χ4n) is 4.67. The summed E-state index contributed by atoms with van der Waals surface area (Å²) in [6.07, 6.45) is -1.44. The SMILES string of the molecule is CNc1ccc(S(C)(=O)=O)cc1C(=O)N1CCC[C@@H]1C(=O)N[C@@H](c1ccc(C(F)(F)F)cc1F)C1CC1. The minimum atomic E-state index is -4.69. The molecular formula is C25H27F4N3O4S. The topological polar surface area (TPSA) is 95.6 Å². The van der Waals surface area contributed by atoms with E-state index in [2.05, 4.69) is 10.6 Å². The van der Waals surface area contributed by atoms with Crippen LogP contribution in [0.4, 0.5) is 23.2 Å². The summed E-state index contributed by atoms with van der Waals surface area (Å²) in [5.74, 6) is -2.24. The molecule has 2 aliphatic rings. The van der Waals surface area contributed by atoms with Crippen molar-refractivity contribution in [1.29, 1.82) is 0 Å². The fourth-order valence-corrected chi connectivity index (χ4v) is 5.32. The molecule has 0 spiro atoms. The largest absolute Gasteiger partial charge is 0.416 e. The van der Waals surface area contributed by atoms with Gasteiger partial charge in [0.05, 0.1) is 22.1 Å². The summed E-state index contributed by atoms with van der Waals surface area (Å²) in [4.78, 5) is 28.1. The molecule has 0 radical (unpaired) electrons. The van der Waals surface area contributed by atoms with Crippen LogP contribution in [0.3, 0.4) is 0 Å². The van der Waals surface area contributed by atoms with E-state index in [0.29, 0.717) is 37.4 Å². The average molecular weight is 542 g/mol. The lowest BCUT2D eigenvalue weighted by Gasteiger charge is -2.28. The molecule has 1 aliphatic heterocycles. The van der Waals surface area contributed by atoms with Gasteiger partial charge in [0.2, 0.25) is 5.91 Å². The molecule has 2 fully saturated rings. The van der Waals surface area contributed by atoms with Crippen molar-refractivity contribution in [3.63, 3.8) is 0 Å². The van der Waals surface area contributed by atoms with Gasteiger partial charge in [0.25, 0.3) is 5.91 Å². The molecule has 4 rings (SSSR count). The fraction of sp³-hybridized carbons (Fsp3) is 0.440. The summed E-state index contributed by atoms with van der Waals surface area (Å²) in [6.45, 7) is 0.256. The summed E-state index contributed by atoms with van der Waals surface area (Å²) in [5.41, 5.74) is -0.652. The maximum absolute atomic E-state index is 14.7. The molecule has 1 saturated heterocycles. The Morgan fingerprint density at radius 3 is 2.35 bits per heavy atom. The van der Waals surface area contributed by atoms with Crippen molar-refractivity contribution in [3.8, 4) is 0 Å². The van der Waals surface area contributed by atoms with Crippen LogP contribution in [-0.2, 0) is 20.8 Å². The zero-order valence-corrected chi connectivity index (χ0v) is 21.0. The van der Waals surface area contributed by atoms with Gasteiger partial charge in [-0.15, -0.1) is 0 Å². The van der Waals surface area contributed by atoms with Crippen molar-refractivity contribution < 1.29 is 35.6 Å². The van der Waals surface area contributed by atoms with Crippen molar-refractivity contribution in [1.82, 2.24) is 10.2 Å². The third-order valence-corrected chi connectivity index (χ3v) is 7.90. The Labute approximate surface area is 212 Å². The van der Waals surface area contributed by atoms with Crippen LogP contribution in [0.5, 0.6) is 0 Å². The molecule has 2 amide bonds. The van der Waals surface area contributed by atoms with Gasteiger partial charge < -0.3 is 15.5 Å². The minimum absolute atomic E-state index is 0.0296. The first-order chi connectivity index (χ1) is 17.3. The number of rotatable bonds is 7. The van der Waals surface area contributed by atoms with Gasteiger partial charge in [0, 0.05) is 31.1 Å². The molecule has 12 heteroatoms. The first kappa shape index (κ1) is 26.9. The molecule has 0 unspecified atom stereocenters. The quantitative estimate of drug-likeness (QED) is 0.514. The van der Waals surface area contributed by atoms with Crippen molar-refractivity contribution in [2.75, 3.05) is 25.2 Å². The highest BCUT2D eigenvalue weighted by Gasteiger charge is 2.41. The van der Waals surface area contributed by atoms with E-state index in [-0.39, 0.29) is 28.5 Å². The Morgan fingerprint density at radius 1 is 1.08 bits per heavy atom. The molecule has 2 atom stereocenters. The number of carbonyl (C=O) groups excluding carboxylic acids is 2. The van der Waals surface area contributed by atoms with E-state index < -0.39 is 51.3 Å². The third kappa shape index (κ3) is 5.73. The Hall–Kier alpha value is -3.15. The number of hydrogen-bond acceptors (Lipinski definition) is 5. The van der Waals surface area contributed by atoms with Crippen molar-refractivity contribution in [2.45, 2.75) is 48.8 Å². The zero-order valence-electron chi connectivity index (χ0n) is 20.2. The summed E-state index contributed by atoms with van der Waals surface area (Å²) < 4.78 is 77.7. The summed E-state index contributed by atoms with van der Waals surface area (Å²) in [7, 11) is -2.00. The van der Waals surface area contributed by atoms with E-state index in [9.17, 15) is 35.6 Å². The Morgan fingerprint density at radius 2 is 1.78 bits per heavy atom. The maximum atomic E-state index is 14.7. The van der Waals surface area contributed by atoms with Gasteiger partial charge in [-0.05, 0) is 61.9 Å². The van der Waals surface area contributed by atoms with Gasteiger partial charge in [-0.2, -0.15) is 13.2 Å². The number of benzene rings is 2. The molecule has 1 aliphatic carbocycles. The van der Waals surface area contributed by atoms with Crippen LogP contribution in [0, 0.1) is 11.7 Å². The standard InChI is InChI=1S/C25H27F4N3O4S/c1-30-20-10-8-16(37(2,35)36)13-18(20)24(34)32-11-3-4-21(32)23(33)31-22(14-5-6-14)17-9-7-15(12-19(17)26)25(27,28)29/h7-10,12-14,21-22,30H,3-6,11H2,1-2H3,(H,31,33)/t21-,22-/m1/s1. The van der Waals surface area contributed by atoms with Crippen LogP contribution in [-0.4, -0.2) is 51.0 Å². The average Bonchev–Trinajstić information content (AvgIpc) is 3.55. The maximum Gasteiger partial charge on any atom is 0.416 e. The highest BCUT2D eigenvalue weighted by molar-refractivity contribution is 7.90. The van der Waals surface area contributed by atoms with Crippen LogP contribution in [0.2, 0.25) is 0 Å². The first-order valence-corrected chi connectivity index (χ1v) is 13.7. The van der Waals surface area contributed by atoms with Crippen LogP contribution in [0.25, 0.3) is 0 Å². The number of hydrogen-bond donors (Lipinski definition) is 2. The molecule has 2 aromatic carbocycles. The molecule has 7 nitrogen and oxygen atoms in total. The van der Waals surface area contributed by atoms with Gasteiger partial charge >= 0.3 is 6.18 Å². The van der Waals surface area contributed by atoms with Crippen molar-refractivity contribution in [3.05, 3.63) is 58.9 Å². The highest BCUT2D eigenvalue weighted by Crippen LogP contribution is 2.43. The Bertz CT molecular complexity index is 1330. The lowest BCUT2D eigenvalue weighted by Crippen LogP contribution is -2.47. The van der Waals surface area contributed by atoms with E-state index in [1.807, 2.05) is 0 Å². The van der Waals surface area contributed by atoms with Crippen molar-refractivity contribution >= 4 is 27.3 Å². The number of likely N-dealkylation sites (tertiary alicyclic amines) is 1. The lowest BCUT2D eigenvalue weighted by molar-refractivity contribution is -0.137. The third-order valence-electron chi connectivity index (χ3n) is 6.79. The number of alkyl halides is 3. The number of sulfone groups is 1. The summed E-state index contributed by atoms with van der Waals surface area (Å²) in [5, 5.41) is 5.63. The van der Waals surface area contributed by atoms with Crippen LogP contribution >= 0.6 is 0 Å². The molecule has 200 valence electrons.